The number of nitriles is 1. The molecule has 1 unspecified atom stereocenters. The van der Waals surface area contributed by atoms with Gasteiger partial charge < -0.3 is 16.0 Å². The van der Waals surface area contributed by atoms with E-state index in [1.807, 2.05) is 13.0 Å². The lowest BCUT2D eigenvalue weighted by Gasteiger charge is -2.15. The van der Waals surface area contributed by atoms with Crippen molar-refractivity contribution in [2.45, 2.75) is 30.4 Å². The van der Waals surface area contributed by atoms with E-state index >= 15 is 0 Å². The Labute approximate surface area is 249 Å². The van der Waals surface area contributed by atoms with Crippen molar-refractivity contribution in [1.29, 1.82) is 5.26 Å². The zero-order valence-electron chi connectivity index (χ0n) is 22.5. The van der Waals surface area contributed by atoms with Crippen LogP contribution in [0.2, 0.25) is 0 Å². The zero-order chi connectivity index (χ0) is 30.2. The van der Waals surface area contributed by atoms with Crippen LogP contribution < -0.4 is 16.0 Å². The summed E-state index contributed by atoms with van der Waals surface area (Å²) in [7, 11) is 0. The van der Waals surface area contributed by atoms with E-state index in [-0.39, 0.29) is 28.6 Å². The molecule has 42 heavy (non-hydrogen) atoms. The molecule has 3 N–H and O–H groups in total. The van der Waals surface area contributed by atoms with Gasteiger partial charge in [0.05, 0.1) is 20.6 Å². The van der Waals surface area contributed by atoms with E-state index in [1.54, 1.807) is 55.5 Å². The molecule has 0 aliphatic heterocycles. The standard InChI is InChI=1S/C30H25N5O5S2/c1-3-25(41-23-14-8-12-21(16-23)33-27(36)19-9-7-13-22(15-19)35(39)40)28(37)34-30-24(17-31)18(2)26(42-30)29(38)32-20-10-5-4-6-11-20/h4-16,25H,3H2,1-2H3,(H,32,38)(H,33,36)(H,34,37). The second-order valence-corrected chi connectivity index (χ2v) is 11.3. The lowest BCUT2D eigenvalue weighted by molar-refractivity contribution is -0.384. The lowest BCUT2D eigenvalue weighted by Crippen LogP contribution is -2.24. The van der Waals surface area contributed by atoms with Gasteiger partial charge in [0.15, 0.2) is 0 Å². The maximum Gasteiger partial charge on any atom is 0.270 e. The minimum Gasteiger partial charge on any atom is -0.322 e. The smallest absolute Gasteiger partial charge is 0.270 e. The molecule has 212 valence electrons. The normalized spacial score (nSPS) is 11.2. The van der Waals surface area contributed by atoms with Gasteiger partial charge in [-0.1, -0.05) is 37.3 Å². The van der Waals surface area contributed by atoms with Crippen LogP contribution >= 0.6 is 23.1 Å². The Morgan fingerprint density at radius 2 is 1.64 bits per heavy atom. The van der Waals surface area contributed by atoms with Crippen LogP contribution in [0.1, 0.15) is 44.5 Å². The number of carbonyl (C=O) groups is 3. The number of nitrogens with zero attached hydrogens (tertiary/aromatic N) is 2. The number of thioether (sulfide) groups is 1. The number of rotatable bonds is 10. The molecule has 0 fully saturated rings. The number of hydrogen-bond donors (Lipinski definition) is 3. The summed E-state index contributed by atoms with van der Waals surface area (Å²) < 4.78 is 0. The summed E-state index contributed by atoms with van der Waals surface area (Å²) in [5, 5.41) is 28.9. The molecule has 3 aromatic carbocycles. The van der Waals surface area contributed by atoms with E-state index in [0.29, 0.717) is 38.1 Å². The van der Waals surface area contributed by atoms with Crippen molar-refractivity contribution < 1.29 is 19.3 Å². The van der Waals surface area contributed by atoms with Gasteiger partial charge in [0.2, 0.25) is 5.91 Å². The minimum absolute atomic E-state index is 0.143. The molecule has 1 aromatic heterocycles. The highest BCUT2D eigenvalue weighted by Crippen LogP contribution is 2.35. The monoisotopic (exact) mass is 599 g/mol. The number of nitro benzene ring substituents is 1. The van der Waals surface area contributed by atoms with E-state index in [9.17, 15) is 29.8 Å². The number of benzene rings is 3. The Bertz CT molecular complexity index is 1700. The molecular formula is C30H25N5O5S2. The van der Waals surface area contributed by atoms with Crippen molar-refractivity contribution >= 4 is 62.9 Å². The van der Waals surface area contributed by atoms with Crippen LogP contribution in [-0.2, 0) is 4.79 Å². The average molecular weight is 600 g/mol. The third-order valence-corrected chi connectivity index (χ3v) is 8.65. The fraction of sp³-hybridized carbons (Fsp3) is 0.133. The largest absolute Gasteiger partial charge is 0.322 e. The second kappa shape index (κ2) is 13.6. The van der Waals surface area contributed by atoms with Gasteiger partial charge in [-0.05, 0) is 55.3 Å². The predicted molar refractivity (Wildman–Crippen MR) is 164 cm³/mol. The fourth-order valence-electron chi connectivity index (χ4n) is 3.95. The van der Waals surface area contributed by atoms with Crippen molar-refractivity contribution in [2.75, 3.05) is 16.0 Å². The van der Waals surface area contributed by atoms with E-state index in [2.05, 4.69) is 22.0 Å². The van der Waals surface area contributed by atoms with Gasteiger partial charge in [-0.3, -0.25) is 24.5 Å². The molecule has 12 heteroatoms. The second-order valence-electron chi connectivity index (χ2n) is 8.99. The summed E-state index contributed by atoms with van der Waals surface area (Å²) >= 11 is 2.33. The molecule has 0 radical (unpaired) electrons. The molecule has 3 amide bonds. The number of thiophene rings is 1. The number of hydrogen-bond acceptors (Lipinski definition) is 8. The van der Waals surface area contributed by atoms with Crippen molar-refractivity contribution in [2.24, 2.45) is 0 Å². The molecule has 0 saturated carbocycles. The summed E-state index contributed by atoms with van der Waals surface area (Å²) in [5.41, 5.74) is 1.75. The SMILES string of the molecule is CCC(Sc1cccc(NC(=O)c2cccc([N+](=O)[O-])c2)c1)C(=O)Nc1sc(C(=O)Nc2ccccc2)c(C)c1C#N. The van der Waals surface area contributed by atoms with Crippen LogP contribution in [0.3, 0.4) is 0 Å². The lowest BCUT2D eigenvalue weighted by atomic mass is 10.1. The van der Waals surface area contributed by atoms with Crippen molar-refractivity contribution in [3.63, 3.8) is 0 Å². The maximum absolute atomic E-state index is 13.3. The van der Waals surface area contributed by atoms with Gasteiger partial charge in [-0.25, -0.2) is 0 Å². The first kappa shape index (κ1) is 30.0. The van der Waals surface area contributed by atoms with E-state index < -0.39 is 16.1 Å². The van der Waals surface area contributed by atoms with Gasteiger partial charge in [0.25, 0.3) is 17.5 Å². The summed E-state index contributed by atoms with van der Waals surface area (Å²) in [6.07, 6.45) is 0.467. The zero-order valence-corrected chi connectivity index (χ0v) is 24.2. The summed E-state index contributed by atoms with van der Waals surface area (Å²) in [6, 6.07) is 23.4. The molecule has 0 bridgehead atoms. The van der Waals surface area contributed by atoms with Crippen LogP contribution in [0.15, 0.2) is 83.8 Å². The molecule has 1 heterocycles. The fourth-order valence-corrected chi connectivity index (χ4v) is 6.02. The molecule has 4 rings (SSSR count). The average Bonchev–Trinajstić information content (AvgIpc) is 3.30. The van der Waals surface area contributed by atoms with Crippen molar-refractivity contribution in [1.82, 2.24) is 0 Å². The number of non-ortho nitro benzene ring substituents is 1. The highest BCUT2D eigenvalue weighted by molar-refractivity contribution is 8.00. The first-order valence-corrected chi connectivity index (χ1v) is 14.4. The highest BCUT2D eigenvalue weighted by Gasteiger charge is 2.25. The molecule has 0 saturated heterocycles. The maximum atomic E-state index is 13.3. The van der Waals surface area contributed by atoms with Gasteiger partial charge in [-0.2, -0.15) is 5.26 Å². The number of nitrogens with one attached hydrogen (secondary N) is 3. The molecule has 4 aromatic rings. The number of nitro groups is 1. The van der Waals surface area contributed by atoms with Gasteiger partial charge in [-0.15, -0.1) is 23.1 Å². The Morgan fingerprint density at radius 3 is 2.33 bits per heavy atom. The first-order chi connectivity index (χ1) is 20.2. The Balaban J connectivity index is 1.45. The predicted octanol–water partition coefficient (Wildman–Crippen LogP) is 6.85. The molecule has 10 nitrogen and oxygen atoms in total. The number of amides is 3. The van der Waals surface area contributed by atoms with Gasteiger partial charge >= 0.3 is 0 Å². The van der Waals surface area contributed by atoms with Gasteiger partial charge in [0.1, 0.15) is 11.1 Å². The van der Waals surface area contributed by atoms with E-state index in [0.717, 1.165) is 11.3 Å². The van der Waals surface area contributed by atoms with Crippen LogP contribution in [0.25, 0.3) is 0 Å². The van der Waals surface area contributed by atoms with Crippen LogP contribution in [-0.4, -0.2) is 27.9 Å². The van der Waals surface area contributed by atoms with E-state index in [1.165, 1.54) is 36.0 Å². The molecule has 0 aliphatic rings. The Morgan fingerprint density at radius 1 is 0.952 bits per heavy atom. The Kier molecular flexibility index (Phi) is 9.69. The van der Waals surface area contributed by atoms with E-state index in [4.69, 9.17) is 0 Å². The quantitative estimate of drug-likeness (QED) is 0.102. The molecule has 0 spiro atoms. The molecule has 1 atom stereocenters. The molecular weight excluding hydrogens is 574 g/mol. The third-order valence-electron chi connectivity index (χ3n) is 6.09. The van der Waals surface area contributed by atoms with Crippen molar-refractivity contribution in [3.05, 3.63) is 111 Å². The number of carbonyl (C=O) groups excluding carboxylic acids is 3. The third kappa shape index (κ3) is 7.20. The topological polar surface area (TPSA) is 154 Å². The Hall–Kier alpha value is -4.99. The van der Waals surface area contributed by atoms with Gasteiger partial charge in [0, 0.05) is 34.0 Å². The minimum atomic E-state index is -0.568. The summed E-state index contributed by atoms with van der Waals surface area (Å²) in [5.74, 6) is -1.21. The van der Waals surface area contributed by atoms with Crippen LogP contribution in [0.4, 0.5) is 22.1 Å². The number of para-hydroxylation sites is 1. The van der Waals surface area contributed by atoms with Crippen molar-refractivity contribution in [3.8, 4) is 6.07 Å². The summed E-state index contributed by atoms with van der Waals surface area (Å²) in [4.78, 5) is 50.3. The number of anilines is 3. The van der Waals surface area contributed by atoms with Crippen LogP contribution in [0.5, 0.6) is 0 Å². The molecule has 0 aliphatic carbocycles. The van der Waals surface area contributed by atoms with Crippen LogP contribution in [0, 0.1) is 28.4 Å². The first-order valence-electron chi connectivity index (χ1n) is 12.7. The summed E-state index contributed by atoms with van der Waals surface area (Å²) in [6.45, 7) is 3.53. The highest BCUT2D eigenvalue weighted by atomic mass is 32.2.